The minimum Gasteiger partial charge on any atom is -0.506 e. The van der Waals surface area contributed by atoms with Crippen LogP contribution in [0.5, 0.6) is 5.75 Å². The molecule has 0 radical (unpaired) electrons. The minimum absolute atomic E-state index is 0.408. The van der Waals surface area contributed by atoms with Gasteiger partial charge < -0.3 is 15.3 Å². The maximum atomic E-state index is 9.78. The Balaban J connectivity index is 1.82. The Morgan fingerprint density at radius 3 is 2.47 bits per heavy atom. The number of nitrogens with zero attached hydrogens (tertiary/aromatic N) is 1. The minimum atomic E-state index is 0.408. The number of fused-ring (bicyclic) bond motifs is 1. The van der Waals surface area contributed by atoms with Crippen molar-refractivity contribution >= 4 is 5.69 Å². The van der Waals surface area contributed by atoms with Crippen molar-refractivity contribution in [1.29, 1.82) is 0 Å². The second-order valence-corrected chi connectivity index (χ2v) is 4.57. The summed E-state index contributed by atoms with van der Waals surface area (Å²) in [6, 6.07) is 7.63. The van der Waals surface area contributed by atoms with E-state index >= 15 is 0 Å². The quantitative estimate of drug-likeness (QED) is 0.717. The molecule has 0 amide bonds. The fraction of sp³-hybridized carbons (Fsp3) is 0.500. The van der Waals surface area contributed by atoms with E-state index < -0.39 is 0 Å². The molecule has 0 aromatic heterocycles. The lowest BCUT2D eigenvalue weighted by Crippen LogP contribution is -2.25. The third-order valence-electron chi connectivity index (χ3n) is 3.61. The molecule has 2 atom stereocenters. The summed E-state index contributed by atoms with van der Waals surface area (Å²) in [6.45, 7) is 4.42. The van der Waals surface area contributed by atoms with E-state index in [0.717, 1.165) is 43.7 Å². The van der Waals surface area contributed by atoms with Gasteiger partial charge in [0, 0.05) is 26.2 Å². The first-order valence-corrected chi connectivity index (χ1v) is 5.58. The fourth-order valence-corrected chi connectivity index (χ4v) is 2.78. The van der Waals surface area contributed by atoms with Crippen LogP contribution in [0.4, 0.5) is 5.69 Å². The first kappa shape index (κ1) is 9.04. The predicted octanol–water partition coefficient (Wildman–Crippen LogP) is 1.05. The molecular formula is C12H16N2O. The third-order valence-corrected chi connectivity index (χ3v) is 3.61. The predicted molar refractivity (Wildman–Crippen MR) is 60.2 cm³/mol. The first-order chi connectivity index (χ1) is 7.34. The SMILES string of the molecule is Oc1ccccc1N1CC2CNCC2C1. The zero-order chi connectivity index (χ0) is 10.3. The van der Waals surface area contributed by atoms with Crippen LogP contribution in [0.15, 0.2) is 24.3 Å². The molecule has 2 N–H and O–H groups in total. The number of phenols is 1. The summed E-state index contributed by atoms with van der Waals surface area (Å²) in [5.74, 6) is 1.94. The largest absolute Gasteiger partial charge is 0.506 e. The van der Waals surface area contributed by atoms with Crippen molar-refractivity contribution < 1.29 is 5.11 Å². The summed E-state index contributed by atoms with van der Waals surface area (Å²) in [5, 5.41) is 13.2. The maximum Gasteiger partial charge on any atom is 0.138 e. The van der Waals surface area contributed by atoms with E-state index in [2.05, 4.69) is 10.2 Å². The molecule has 80 valence electrons. The van der Waals surface area contributed by atoms with E-state index in [-0.39, 0.29) is 0 Å². The summed E-state index contributed by atoms with van der Waals surface area (Å²) < 4.78 is 0. The van der Waals surface area contributed by atoms with Crippen molar-refractivity contribution in [2.24, 2.45) is 11.8 Å². The lowest BCUT2D eigenvalue weighted by molar-refractivity contribution is 0.474. The maximum absolute atomic E-state index is 9.78. The second-order valence-electron chi connectivity index (χ2n) is 4.57. The van der Waals surface area contributed by atoms with Gasteiger partial charge in [-0.05, 0) is 24.0 Å². The molecule has 3 heteroatoms. The van der Waals surface area contributed by atoms with Crippen LogP contribution in [0, 0.1) is 11.8 Å². The van der Waals surface area contributed by atoms with E-state index in [4.69, 9.17) is 0 Å². The fourth-order valence-electron chi connectivity index (χ4n) is 2.78. The smallest absolute Gasteiger partial charge is 0.138 e. The molecule has 2 saturated heterocycles. The molecule has 2 unspecified atom stereocenters. The highest BCUT2D eigenvalue weighted by Crippen LogP contribution is 2.34. The van der Waals surface area contributed by atoms with E-state index in [9.17, 15) is 5.11 Å². The van der Waals surface area contributed by atoms with Crippen molar-refractivity contribution in [2.45, 2.75) is 0 Å². The third kappa shape index (κ3) is 1.47. The number of hydrogen-bond donors (Lipinski definition) is 2. The molecule has 15 heavy (non-hydrogen) atoms. The molecule has 0 spiro atoms. The van der Waals surface area contributed by atoms with E-state index in [1.165, 1.54) is 0 Å². The van der Waals surface area contributed by atoms with Crippen molar-refractivity contribution in [3.63, 3.8) is 0 Å². The van der Waals surface area contributed by atoms with Crippen LogP contribution in [-0.4, -0.2) is 31.3 Å². The summed E-state index contributed by atoms with van der Waals surface area (Å²) in [4.78, 5) is 2.31. The van der Waals surface area contributed by atoms with Crippen LogP contribution in [0.1, 0.15) is 0 Å². The van der Waals surface area contributed by atoms with E-state index in [0.29, 0.717) is 5.75 Å². The van der Waals surface area contributed by atoms with Gasteiger partial charge in [-0.3, -0.25) is 0 Å². The Morgan fingerprint density at radius 1 is 1.13 bits per heavy atom. The van der Waals surface area contributed by atoms with Gasteiger partial charge in [-0.1, -0.05) is 12.1 Å². The zero-order valence-electron chi connectivity index (χ0n) is 8.69. The highest BCUT2D eigenvalue weighted by atomic mass is 16.3. The number of phenolic OH excluding ortho intramolecular Hbond substituents is 1. The first-order valence-electron chi connectivity index (χ1n) is 5.58. The number of benzene rings is 1. The van der Waals surface area contributed by atoms with Gasteiger partial charge in [0.05, 0.1) is 5.69 Å². The highest BCUT2D eigenvalue weighted by Gasteiger charge is 2.36. The van der Waals surface area contributed by atoms with Gasteiger partial charge in [-0.25, -0.2) is 0 Å². The summed E-state index contributed by atoms with van der Waals surface area (Å²) in [5.41, 5.74) is 0.993. The van der Waals surface area contributed by atoms with E-state index in [1.807, 2.05) is 18.2 Å². The molecule has 2 aliphatic rings. The van der Waals surface area contributed by atoms with E-state index in [1.54, 1.807) is 6.07 Å². The van der Waals surface area contributed by atoms with Gasteiger partial charge in [-0.15, -0.1) is 0 Å². The Labute approximate surface area is 89.7 Å². The number of hydrogen-bond acceptors (Lipinski definition) is 3. The molecule has 1 aromatic carbocycles. The van der Waals surface area contributed by atoms with Gasteiger partial charge in [-0.2, -0.15) is 0 Å². The summed E-state index contributed by atoms with van der Waals surface area (Å²) in [7, 11) is 0. The number of anilines is 1. The van der Waals surface area contributed by atoms with Crippen molar-refractivity contribution in [2.75, 3.05) is 31.1 Å². The van der Waals surface area contributed by atoms with Crippen LogP contribution < -0.4 is 10.2 Å². The Kier molecular flexibility index (Phi) is 2.06. The van der Waals surface area contributed by atoms with Gasteiger partial charge >= 0.3 is 0 Å². The second kappa shape index (κ2) is 3.42. The average Bonchev–Trinajstić information content (AvgIpc) is 2.77. The number of rotatable bonds is 1. The highest BCUT2D eigenvalue weighted by molar-refractivity contribution is 5.58. The molecule has 0 bridgehead atoms. The molecule has 0 aliphatic carbocycles. The molecule has 3 rings (SSSR count). The Bertz CT molecular complexity index is 354. The van der Waals surface area contributed by atoms with Crippen LogP contribution >= 0.6 is 0 Å². The van der Waals surface area contributed by atoms with Crippen molar-refractivity contribution in [3.05, 3.63) is 24.3 Å². The molecule has 2 fully saturated rings. The molecular weight excluding hydrogens is 188 g/mol. The topological polar surface area (TPSA) is 35.5 Å². The normalized spacial score (nSPS) is 29.5. The lowest BCUT2D eigenvalue weighted by atomic mass is 10.0. The summed E-state index contributed by atoms with van der Waals surface area (Å²) in [6.07, 6.45) is 0. The zero-order valence-corrected chi connectivity index (χ0v) is 8.69. The van der Waals surface area contributed by atoms with Crippen molar-refractivity contribution in [3.8, 4) is 5.75 Å². The lowest BCUT2D eigenvalue weighted by Gasteiger charge is -2.20. The average molecular weight is 204 g/mol. The van der Waals surface area contributed by atoms with Crippen LogP contribution in [0.2, 0.25) is 0 Å². The van der Waals surface area contributed by atoms with Crippen molar-refractivity contribution in [1.82, 2.24) is 5.32 Å². The van der Waals surface area contributed by atoms with Gasteiger partial charge in [0.15, 0.2) is 0 Å². The molecule has 1 aromatic rings. The van der Waals surface area contributed by atoms with Crippen LogP contribution in [-0.2, 0) is 0 Å². The number of para-hydroxylation sites is 2. The molecule has 2 heterocycles. The molecule has 0 saturated carbocycles. The summed E-state index contributed by atoms with van der Waals surface area (Å²) >= 11 is 0. The van der Waals surface area contributed by atoms with Crippen LogP contribution in [0.25, 0.3) is 0 Å². The Morgan fingerprint density at radius 2 is 1.80 bits per heavy atom. The van der Waals surface area contributed by atoms with Gasteiger partial charge in [0.25, 0.3) is 0 Å². The van der Waals surface area contributed by atoms with Crippen LogP contribution in [0.3, 0.4) is 0 Å². The number of nitrogens with one attached hydrogen (secondary N) is 1. The van der Waals surface area contributed by atoms with Gasteiger partial charge in [0.1, 0.15) is 5.75 Å². The standard InChI is InChI=1S/C12H16N2O/c15-12-4-2-1-3-11(12)14-7-9-5-13-6-10(9)8-14/h1-4,9-10,13,15H,5-8H2. The molecule has 3 nitrogen and oxygen atoms in total. The van der Waals surface area contributed by atoms with Gasteiger partial charge in [0.2, 0.25) is 0 Å². The number of aromatic hydroxyl groups is 1. The monoisotopic (exact) mass is 204 g/mol. The Hall–Kier alpha value is -1.22. The molecule has 2 aliphatic heterocycles.